The lowest BCUT2D eigenvalue weighted by atomic mass is 10.1. The molecule has 1 heterocycles. The van der Waals surface area contributed by atoms with E-state index in [1.165, 1.54) is 17.7 Å². The molecule has 1 N–H and O–H groups in total. The first-order valence-corrected chi connectivity index (χ1v) is 5.83. The van der Waals surface area contributed by atoms with Crippen LogP contribution in [0.2, 0.25) is 0 Å². The zero-order valence-electron chi connectivity index (χ0n) is 7.64. The van der Waals surface area contributed by atoms with Crippen LogP contribution in [0, 0.1) is 0 Å². The van der Waals surface area contributed by atoms with Gasteiger partial charge in [-0.3, -0.25) is 0 Å². The van der Waals surface area contributed by atoms with E-state index >= 15 is 0 Å². The van der Waals surface area contributed by atoms with Gasteiger partial charge in [-0.1, -0.05) is 18.5 Å². The van der Waals surface area contributed by atoms with Crippen molar-refractivity contribution in [3.8, 4) is 0 Å². The second kappa shape index (κ2) is 5.15. The van der Waals surface area contributed by atoms with Crippen molar-refractivity contribution in [2.24, 2.45) is 0 Å². The molecule has 0 aromatic carbocycles. The molecule has 1 saturated heterocycles. The molecule has 2 unspecified atom stereocenters. The van der Waals surface area contributed by atoms with Crippen LogP contribution in [0.15, 0.2) is 11.1 Å². The third-order valence-electron chi connectivity index (χ3n) is 2.21. The van der Waals surface area contributed by atoms with Crippen molar-refractivity contribution >= 4 is 23.4 Å². The Labute approximate surface area is 83.9 Å². The smallest absolute Gasteiger partial charge is 0.0194 e. The van der Waals surface area contributed by atoms with Gasteiger partial charge in [-0.15, -0.1) is 0 Å². The molecule has 1 rings (SSSR count). The second-order valence-electron chi connectivity index (χ2n) is 3.31. The van der Waals surface area contributed by atoms with Crippen LogP contribution in [0.1, 0.15) is 20.3 Å². The van der Waals surface area contributed by atoms with Gasteiger partial charge in [-0.05, 0) is 24.7 Å². The predicted octanol–water partition coefficient (Wildman–Crippen LogP) is 2.61. The molecule has 12 heavy (non-hydrogen) atoms. The first-order valence-electron chi connectivity index (χ1n) is 4.35. The van der Waals surface area contributed by atoms with Crippen LogP contribution in [0.25, 0.3) is 0 Å². The Morgan fingerprint density at radius 2 is 2.50 bits per heavy atom. The number of thioether (sulfide) groups is 1. The highest BCUT2D eigenvalue weighted by Gasteiger charge is 2.22. The highest BCUT2D eigenvalue weighted by Crippen LogP contribution is 2.25. The van der Waals surface area contributed by atoms with E-state index in [1.807, 2.05) is 18.7 Å². The topological polar surface area (TPSA) is 12.0 Å². The Morgan fingerprint density at radius 1 is 1.75 bits per heavy atom. The summed E-state index contributed by atoms with van der Waals surface area (Å²) >= 11 is 7.62. The Balaban J connectivity index is 2.22. The van der Waals surface area contributed by atoms with E-state index in [1.54, 1.807) is 5.54 Å². The Morgan fingerprint density at radius 3 is 3.00 bits per heavy atom. The molecule has 0 aromatic rings. The van der Waals surface area contributed by atoms with E-state index in [9.17, 15) is 0 Å². The molecule has 0 amide bonds. The summed E-state index contributed by atoms with van der Waals surface area (Å²) in [6.07, 6.45) is 1.29. The van der Waals surface area contributed by atoms with Gasteiger partial charge in [0.2, 0.25) is 0 Å². The number of rotatable bonds is 3. The van der Waals surface area contributed by atoms with Crippen molar-refractivity contribution < 1.29 is 0 Å². The number of nitrogens with one attached hydrogen (secondary N) is 1. The summed E-state index contributed by atoms with van der Waals surface area (Å²) < 4.78 is 0. The SMILES string of the molecule is C/C(=C\Cl)CNC1CCSC1C. The first kappa shape index (κ1) is 10.4. The van der Waals surface area contributed by atoms with Crippen LogP contribution in [-0.4, -0.2) is 23.6 Å². The van der Waals surface area contributed by atoms with Crippen LogP contribution in [-0.2, 0) is 0 Å². The van der Waals surface area contributed by atoms with Crippen LogP contribution in [0.5, 0.6) is 0 Å². The van der Waals surface area contributed by atoms with Gasteiger partial charge < -0.3 is 5.32 Å². The fourth-order valence-electron chi connectivity index (χ4n) is 1.33. The minimum absolute atomic E-state index is 0.682. The van der Waals surface area contributed by atoms with E-state index in [2.05, 4.69) is 12.2 Å². The van der Waals surface area contributed by atoms with Gasteiger partial charge in [0.15, 0.2) is 0 Å². The molecule has 0 aliphatic carbocycles. The maximum atomic E-state index is 5.57. The average Bonchev–Trinajstić information content (AvgIpc) is 2.47. The van der Waals surface area contributed by atoms with E-state index in [0.29, 0.717) is 6.04 Å². The van der Waals surface area contributed by atoms with Crippen LogP contribution < -0.4 is 5.32 Å². The maximum Gasteiger partial charge on any atom is 0.0194 e. The van der Waals surface area contributed by atoms with Crippen molar-refractivity contribution in [1.29, 1.82) is 0 Å². The summed E-state index contributed by atoms with van der Waals surface area (Å²) in [5.41, 5.74) is 2.86. The minimum Gasteiger partial charge on any atom is -0.309 e. The normalized spacial score (nSPS) is 31.1. The Bertz CT molecular complexity index is 170. The molecule has 1 fully saturated rings. The largest absolute Gasteiger partial charge is 0.309 e. The Hall–Kier alpha value is 0.340. The van der Waals surface area contributed by atoms with Crippen molar-refractivity contribution in [1.82, 2.24) is 5.32 Å². The molecule has 2 atom stereocenters. The zero-order valence-corrected chi connectivity index (χ0v) is 9.21. The summed E-state index contributed by atoms with van der Waals surface area (Å²) in [6.45, 7) is 5.26. The van der Waals surface area contributed by atoms with Crippen molar-refractivity contribution in [3.63, 3.8) is 0 Å². The highest BCUT2D eigenvalue weighted by molar-refractivity contribution is 8.00. The third-order valence-corrected chi connectivity index (χ3v) is 3.90. The summed E-state index contributed by atoms with van der Waals surface area (Å²) in [4.78, 5) is 0. The van der Waals surface area contributed by atoms with E-state index in [4.69, 9.17) is 11.6 Å². The number of hydrogen-bond donors (Lipinski definition) is 1. The predicted molar refractivity (Wildman–Crippen MR) is 57.9 cm³/mol. The first-order chi connectivity index (χ1) is 5.74. The van der Waals surface area contributed by atoms with Gasteiger partial charge in [-0.25, -0.2) is 0 Å². The number of hydrogen-bond acceptors (Lipinski definition) is 2. The van der Waals surface area contributed by atoms with E-state index in [-0.39, 0.29) is 0 Å². The molecule has 1 nitrogen and oxygen atoms in total. The average molecular weight is 206 g/mol. The van der Waals surface area contributed by atoms with Gasteiger partial charge in [-0.2, -0.15) is 11.8 Å². The van der Waals surface area contributed by atoms with Crippen LogP contribution in [0.4, 0.5) is 0 Å². The Kier molecular flexibility index (Phi) is 4.47. The molecule has 0 radical (unpaired) electrons. The van der Waals surface area contributed by atoms with Gasteiger partial charge in [0.25, 0.3) is 0 Å². The lowest BCUT2D eigenvalue weighted by molar-refractivity contribution is 0.536. The van der Waals surface area contributed by atoms with Gasteiger partial charge in [0.1, 0.15) is 0 Å². The van der Waals surface area contributed by atoms with Crippen LogP contribution in [0.3, 0.4) is 0 Å². The summed E-state index contributed by atoms with van der Waals surface area (Å²) in [5, 5.41) is 4.27. The third kappa shape index (κ3) is 3.00. The van der Waals surface area contributed by atoms with Gasteiger partial charge in [0, 0.05) is 23.4 Å². The lowest BCUT2D eigenvalue weighted by Crippen LogP contribution is -2.34. The standard InChI is InChI=1S/C9H16ClNS/c1-7(5-10)6-11-9-3-4-12-8(9)2/h5,8-9,11H,3-4,6H2,1-2H3/b7-5+. The molecule has 0 aromatic heterocycles. The molecule has 1 aliphatic heterocycles. The molecule has 0 bridgehead atoms. The summed E-state index contributed by atoms with van der Waals surface area (Å²) in [7, 11) is 0. The van der Waals surface area contributed by atoms with E-state index in [0.717, 1.165) is 11.8 Å². The molecule has 1 aliphatic rings. The van der Waals surface area contributed by atoms with E-state index < -0.39 is 0 Å². The summed E-state index contributed by atoms with van der Waals surface area (Å²) in [5.74, 6) is 1.29. The second-order valence-corrected chi connectivity index (χ2v) is 5.01. The lowest BCUT2D eigenvalue weighted by Gasteiger charge is -2.16. The quantitative estimate of drug-likeness (QED) is 0.761. The monoisotopic (exact) mass is 205 g/mol. The minimum atomic E-state index is 0.682. The molecule has 70 valence electrons. The molecular weight excluding hydrogens is 190 g/mol. The maximum absolute atomic E-state index is 5.57. The zero-order chi connectivity index (χ0) is 8.97. The van der Waals surface area contributed by atoms with Crippen molar-refractivity contribution in [3.05, 3.63) is 11.1 Å². The molecular formula is C9H16ClNS. The van der Waals surface area contributed by atoms with Crippen LogP contribution >= 0.6 is 23.4 Å². The van der Waals surface area contributed by atoms with Crippen molar-refractivity contribution in [2.45, 2.75) is 31.6 Å². The van der Waals surface area contributed by atoms with Gasteiger partial charge >= 0.3 is 0 Å². The van der Waals surface area contributed by atoms with Gasteiger partial charge in [0.05, 0.1) is 0 Å². The van der Waals surface area contributed by atoms with Crippen molar-refractivity contribution in [2.75, 3.05) is 12.3 Å². The molecule has 3 heteroatoms. The fraction of sp³-hybridized carbons (Fsp3) is 0.778. The molecule has 0 saturated carbocycles. The molecule has 0 spiro atoms. The summed E-state index contributed by atoms with van der Waals surface area (Å²) in [6, 6.07) is 0.682. The number of halogens is 1. The highest BCUT2D eigenvalue weighted by atomic mass is 35.5. The fourth-order valence-corrected chi connectivity index (χ4v) is 2.63.